The van der Waals surface area contributed by atoms with Gasteiger partial charge in [-0.3, -0.25) is 0 Å². The van der Waals surface area contributed by atoms with Crippen molar-refractivity contribution in [1.29, 1.82) is 0 Å². The first-order valence-electron chi connectivity index (χ1n) is 2.25. The van der Waals surface area contributed by atoms with Crippen molar-refractivity contribution >= 4 is 0 Å². The van der Waals surface area contributed by atoms with Gasteiger partial charge in [0.2, 0.25) is 0 Å². The summed E-state index contributed by atoms with van der Waals surface area (Å²) >= 11 is 1.79. The molecule has 0 aromatic carbocycles. The fraction of sp³-hybridized carbons (Fsp3) is 1.00. The van der Waals surface area contributed by atoms with E-state index in [0.29, 0.717) is 0 Å². The van der Waals surface area contributed by atoms with Gasteiger partial charge in [-0.1, -0.05) is 0 Å². The number of rotatable bonds is 2. The van der Waals surface area contributed by atoms with Crippen LogP contribution in [0.4, 0.5) is 0 Å². The molecule has 0 atom stereocenters. The normalized spacial score (nSPS) is 6.10. The van der Waals surface area contributed by atoms with Crippen LogP contribution in [0.2, 0.25) is 0 Å². The topological polar surface area (TPSA) is 3.24 Å². The minimum atomic E-state index is 0. The van der Waals surface area contributed by atoms with E-state index in [2.05, 4.69) is 17.2 Å². The van der Waals surface area contributed by atoms with E-state index in [9.17, 15) is 0 Å². The van der Waals surface area contributed by atoms with Gasteiger partial charge in [0.15, 0.2) is 0 Å². The Kier molecular flexibility index (Phi) is 66.7. The van der Waals surface area contributed by atoms with Crippen molar-refractivity contribution in [3.8, 4) is 0 Å². The molecule has 0 fully saturated rings. The summed E-state index contributed by atoms with van der Waals surface area (Å²) in [5.41, 5.74) is 0. The molecule has 0 spiro atoms. The Balaban J connectivity index is -0.0000000208. The van der Waals surface area contributed by atoms with Crippen LogP contribution >= 0.6 is 0 Å². The molecular weight excluding hydrogens is 297 g/mol. The van der Waals surface area contributed by atoms with E-state index in [0.717, 1.165) is 0 Å². The Morgan fingerprint density at radius 3 is 1.10 bits per heavy atom. The number of hydrogen-bond donors (Lipinski definition) is 0. The van der Waals surface area contributed by atoms with E-state index in [1.165, 1.54) is 13.1 Å². The quantitative estimate of drug-likeness (QED) is 0.458. The summed E-state index contributed by atoms with van der Waals surface area (Å²) in [7, 11) is 0. The molecule has 0 amide bonds. The zero-order valence-electron chi connectivity index (χ0n) is 5.82. The minimum absolute atomic E-state index is 0. The Labute approximate surface area is 101 Å². The molecule has 0 bridgehead atoms. The standard InChI is InChI=1S/C4H10N.4ClH.Nb/c1-3-5-4-2;;;;;/h3-4H2,1-2H3;4*1H;/q-1;;;;;+5/p-4. The molecule has 0 N–H and O–H groups in total. The number of halogens is 4. The number of hydrogen-bond acceptors (Lipinski definition) is 1. The Morgan fingerprint density at radius 2 is 1.10 bits per heavy atom. The first-order valence-corrected chi connectivity index (χ1v) is 3.23. The molecule has 0 aliphatic rings. The van der Waals surface area contributed by atoms with Crippen LogP contribution in [0.25, 0.3) is 0 Å². The molecule has 0 unspecified atom stereocenters. The van der Waals surface area contributed by atoms with Gasteiger partial charge in [-0.05, 0) is 0 Å². The molecule has 0 saturated carbocycles. The smallest absolute Gasteiger partial charge is 1.00 e. The van der Waals surface area contributed by atoms with Gasteiger partial charge in [-0.15, -0.1) is 0 Å². The Hall–Kier alpha value is 1.86. The molecule has 0 saturated heterocycles. The molecule has 0 aromatic rings. The summed E-state index contributed by atoms with van der Waals surface area (Å²) in [4.78, 5) is 0. The second-order valence-corrected chi connectivity index (χ2v) is 2.53. The summed E-state index contributed by atoms with van der Waals surface area (Å²) < 4.78 is 2.30. The molecule has 0 rings (SSSR count). The first-order chi connectivity index (χ1) is 2.81. The van der Waals surface area contributed by atoms with Crippen molar-refractivity contribution < 1.29 is 71.0 Å². The summed E-state index contributed by atoms with van der Waals surface area (Å²) in [6.07, 6.45) is 0. The van der Waals surface area contributed by atoms with Gasteiger partial charge in [0.25, 0.3) is 0 Å². The molecule has 0 aliphatic heterocycles. The van der Waals surface area contributed by atoms with E-state index in [-0.39, 0.29) is 49.6 Å². The largest absolute Gasteiger partial charge is 1.00 e. The molecule has 1 nitrogen and oxygen atoms in total. The fourth-order valence-electron chi connectivity index (χ4n) is 0.224. The third-order valence-corrected chi connectivity index (χ3v) is 2.12. The zero-order valence-corrected chi connectivity index (χ0v) is 11.0. The molecule has 0 aliphatic carbocycles. The fourth-order valence-corrected chi connectivity index (χ4v) is 0.224. The summed E-state index contributed by atoms with van der Waals surface area (Å²) in [5.74, 6) is 0. The van der Waals surface area contributed by atoms with Crippen molar-refractivity contribution in [2.45, 2.75) is 13.8 Å². The monoisotopic (exact) mass is 305 g/mol. The van der Waals surface area contributed by atoms with Crippen LogP contribution in [-0.2, 0) is 21.3 Å². The maximum Gasteiger partial charge on any atom is -1.00 e. The molecule has 0 heterocycles. The van der Waals surface area contributed by atoms with Gasteiger partial charge < -0.3 is 49.6 Å². The molecule has 0 radical (unpaired) electrons. The maximum atomic E-state index is 2.30. The summed E-state index contributed by atoms with van der Waals surface area (Å²) in [6.45, 7) is 6.71. The molecular formula is C4H10Cl4NNb. The third-order valence-electron chi connectivity index (χ3n) is 0.730. The molecule has 0 aromatic heterocycles. The minimum Gasteiger partial charge on any atom is -1.00 e. The van der Waals surface area contributed by atoms with Crippen molar-refractivity contribution in [3.63, 3.8) is 0 Å². The van der Waals surface area contributed by atoms with Gasteiger partial charge >= 0.3 is 51.6 Å². The maximum absolute atomic E-state index is 2.30. The van der Waals surface area contributed by atoms with E-state index >= 15 is 0 Å². The SMILES string of the molecule is CC[N]([Nb+4])CC.[Cl-].[Cl-].[Cl-].[Cl-]. The summed E-state index contributed by atoms with van der Waals surface area (Å²) in [6, 6.07) is 0. The van der Waals surface area contributed by atoms with Crippen LogP contribution in [0, 0.1) is 0 Å². The van der Waals surface area contributed by atoms with Gasteiger partial charge in [0.1, 0.15) is 0 Å². The number of nitrogens with zero attached hydrogens (tertiary/aromatic N) is 1. The van der Waals surface area contributed by atoms with Crippen molar-refractivity contribution in [2.75, 3.05) is 13.1 Å². The van der Waals surface area contributed by atoms with Crippen molar-refractivity contribution in [2.24, 2.45) is 0 Å². The van der Waals surface area contributed by atoms with Gasteiger partial charge in [-0.2, -0.15) is 0 Å². The van der Waals surface area contributed by atoms with E-state index < -0.39 is 0 Å². The van der Waals surface area contributed by atoms with E-state index in [1.807, 2.05) is 0 Å². The predicted octanol–water partition coefficient (Wildman–Crippen LogP) is -11.2. The Morgan fingerprint density at radius 1 is 0.900 bits per heavy atom. The van der Waals surface area contributed by atoms with Crippen LogP contribution < -0.4 is 49.6 Å². The van der Waals surface area contributed by atoms with Crippen LogP contribution in [0.1, 0.15) is 13.8 Å². The van der Waals surface area contributed by atoms with Crippen LogP contribution in [-0.4, -0.2) is 16.4 Å². The Bertz CT molecular complexity index is 36.4. The predicted molar refractivity (Wildman–Crippen MR) is 22.9 cm³/mol. The zero-order chi connectivity index (χ0) is 4.99. The van der Waals surface area contributed by atoms with Crippen LogP contribution in [0.5, 0.6) is 0 Å². The van der Waals surface area contributed by atoms with Crippen molar-refractivity contribution in [3.05, 3.63) is 0 Å². The summed E-state index contributed by atoms with van der Waals surface area (Å²) in [5, 5.41) is 0. The van der Waals surface area contributed by atoms with Crippen molar-refractivity contribution in [1.82, 2.24) is 3.30 Å². The second-order valence-electron chi connectivity index (χ2n) is 1.14. The average Bonchev–Trinajstić information content (AvgIpc) is 1.65. The van der Waals surface area contributed by atoms with E-state index in [4.69, 9.17) is 0 Å². The van der Waals surface area contributed by atoms with Gasteiger partial charge in [-0.25, -0.2) is 0 Å². The van der Waals surface area contributed by atoms with Crippen LogP contribution in [0.15, 0.2) is 0 Å². The molecule has 10 heavy (non-hydrogen) atoms. The molecule has 6 heteroatoms. The van der Waals surface area contributed by atoms with Gasteiger partial charge in [0, 0.05) is 0 Å². The first kappa shape index (κ1) is 29.7. The van der Waals surface area contributed by atoms with E-state index in [1.54, 1.807) is 21.3 Å². The third kappa shape index (κ3) is 22.5. The van der Waals surface area contributed by atoms with Gasteiger partial charge in [0.05, 0.1) is 0 Å². The average molecular weight is 307 g/mol. The van der Waals surface area contributed by atoms with Crippen LogP contribution in [0.3, 0.4) is 0 Å². The second kappa shape index (κ2) is 22.4. The molecule has 64 valence electrons.